The molecule has 128 valence electrons. The van der Waals surface area contributed by atoms with Gasteiger partial charge in [-0.05, 0) is 36.4 Å². The quantitative estimate of drug-likeness (QED) is 0.712. The minimum absolute atomic E-state index is 0.00483. The number of carbonyl (C=O) groups is 3. The van der Waals surface area contributed by atoms with E-state index in [9.17, 15) is 14.4 Å². The maximum atomic E-state index is 12.0. The summed E-state index contributed by atoms with van der Waals surface area (Å²) in [6, 6.07) is 9.62. The van der Waals surface area contributed by atoms with E-state index in [1.807, 2.05) is 0 Å². The summed E-state index contributed by atoms with van der Waals surface area (Å²) >= 11 is 6.02. The number of imide groups is 1. The van der Waals surface area contributed by atoms with Crippen LogP contribution < -0.4 is 20.7 Å². The Morgan fingerprint density at radius 3 is 2.52 bits per heavy atom. The Morgan fingerprint density at radius 2 is 1.80 bits per heavy atom. The number of benzene rings is 2. The average molecular weight is 360 g/mol. The average Bonchev–Trinajstić information content (AvgIpc) is 2.87. The van der Waals surface area contributed by atoms with Crippen molar-refractivity contribution in [3.63, 3.8) is 0 Å². The van der Waals surface area contributed by atoms with Gasteiger partial charge in [-0.25, -0.2) is 0 Å². The molecule has 7 nitrogen and oxygen atoms in total. The molecule has 25 heavy (non-hydrogen) atoms. The molecular weight excluding hydrogens is 346 g/mol. The predicted octanol–water partition coefficient (Wildman–Crippen LogP) is 2.28. The maximum Gasteiger partial charge on any atom is 0.259 e. The lowest BCUT2D eigenvalue weighted by Crippen LogP contribution is -2.22. The SMILES string of the molecule is COc1ccc(NCC(=O)Nc2ccc3c(c2)C(=O)NC3=O)cc1Cl. The standard InChI is InChI=1S/C17H14ClN3O4/c1-25-14-5-3-9(7-13(14)18)19-8-15(22)20-10-2-4-11-12(6-10)17(24)21-16(11)23/h2-7,19H,8H2,1H3,(H,20,22)(H,21,23,24). The second kappa shape index (κ2) is 6.82. The third-order valence-electron chi connectivity index (χ3n) is 3.62. The zero-order chi connectivity index (χ0) is 18.0. The van der Waals surface area contributed by atoms with E-state index in [0.717, 1.165) is 0 Å². The van der Waals surface area contributed by atoms with Crippen molar-refractivity contribution >= 4 is 40.7 Å². The van der Waals surface area contributed by atoms with E-state index < -0.39 is 11.8 Å². The highest BCUT2D eigenvalue weighted by Crippen LogP contribution is 2.27. The Bertz CT molecular complexity index is 882. The van der Waals surface area contributed by atoms with Crippen molar-refractivity contribution < 1.29 is 19.1 Å². The third kappa shape index (κ3) is 3.56. The fraction of sp³-hybridized carbons (Fsp3) is 0.118. The van der Waals surface area contributed by atoms with Crippen molar-refractivity contribution in [2.45, 2.75) is 0 Å². The first kappa shape index (κ1) is 16.8. The van der Waals surface area contributed by atoms with Crippen LogP contribution in [-0.2, 0) is 4.79 Å². The summed E-state index contributed by atoms with van der Waals surface area (Å²) in [4.78, 5) is 35.2. The molecule has 0 atom stereocenters. The molecule has 2 aromatic carbocycles. The van der Waals surface area contributed by atoms with Crippen molar-refractivity contribution in [3.8, 4) is 5.75 Å². The van der Waals surface area contributed by atoms with E-state index >= 15 is 0 Å². The van der Waals surface area contributed by atoms with Crippen LogP contribution in [0.4, 0.5) is 11.4 Å². The van der Waals surface area contributed by atoms with Crippen LogP contribution in [0, 0.1) is 0 Å². The Balaban J connectivity index is 1.62. The smallest absolute Gasteiger partial charge is 0.259 e. The highest BCUT2D eigenvalue weighted by molar-refractivity contribution is 6.32. The van der Waals surface area contributed by atoms with Gasteiger partial charge in [-0.1, -0.05) is 11.6 Å². The summed E-state index contributed by atoms with van der Waals surface area (Å²) < 4.78 is 5.06. The van der Waals surface area contributed by atoms with Crippen LogP contribution in [0.3, 0.4) is 0 Å². The molecule has 1 heterocycles. The molecule has 0 saturated carbocycles. The number of carbonyl (C=O) groups excluding carboxylic acids is 3. The molecule has 0 bridgehead atoms. The molecule has 3 rings (SSSR count). The topological polar surface area (TPSA) is 96.5 Å². The van der Waals surface area contributed by atoms with E-state index in [2.05, 4.69) is 16.0 Å². The van der Waals surface area contributed by atoms with Crippen LogP contribution in [0.2, 0.25) is 5.02 Å². The zero-order valence-electron chi connectivity index (χ0n) is 13.2. The third-order valence-corrected chi connectivity index (χ3v) is 3.92. The number of ether oxygens (including phenoxy) is 1. The van der Waals surface area contributed by atoms with Gasteiger partial charge in [0.15, 0.2) is 0 Å². The van der Waals surface area contributed by atoms with Gasteiger partial charge in [0.2, 0.25) is 5.91 Å². The first-order valence-corrected chi connectivity index (χ1v) is 7.72. The van der Waals surface area contributed by atoms with Gasteiger partial charge < -0.3 is 15.4 Å². The van der Waals surface area contributed by atoms with Crippen molar-refractivity contribution in [3.05, 3.63) is 52.5 Å². The van der Waals surface area contributed by atoms with E-state index in [1.54, 1.807) is 24.3 Å². The number of nitrogens with one attached hydrogen (secondary N) is 3. The van der Waals surface area contributed by atoms with Crippen molar-refractivity contribution in [2.24, 2.45) is 0 Å². The van der Waals surface area contributed by atoms with Crippen LogP contribution in [0.25, 0.3) is 0 Å². The van der Waals surface area contributed by atoms with Crippen molar-refractivity contribution in [1.82, 2.24) is 5.32 Å². The maximum absolute atomic E-state index is 12.0. The van der Waals surface area contributed by atoms with Crippen LogP contribution in [0.5, 0.6) is 5.75 Å². The molecule has 2 aromatic rings. The number of fused-ring (bicyclic) bond motifs is 1. The molecule has 0 aliphatic carbocycles. The first-order chi connectivity index (χ1) is 12.0. The second-order valence-corrected chi connectivity index (χ2v) is 5.70. The summed E-state index contributed by atoms with van der Waals surface area (Å²) in [6.45, 7) is 0.00483. The van der Waals surface area contributed by atoms with Gasteiger partial charge in [-0.2, -0.15) is 0 Å². The van der Waals surface area contributed by atoms with Crippen LogP contribution in [-0.4, -0.2) is 31.4 Å². The second-order valence-electron chi connectivity index (χ2n) is 5.29. The van der Waals surface area contributed by atoms with Gasteiger partial charge in [0.25, 0.3) is 11.8 Å². The van der Waals surface area contributed by atoms with E-state index in [1.165, 1.54) is 19.2 Å². The molecular formula is C17H14ClN3O4. The molecule has 0 aromatic heterocycles. The van der Waals surface area contributed by atoms with Gasteiger partial charge in [0.1, 0.15) is 5.75 Å². The van der Waals surface area contributed by atoms with Crippen LogP contribution in [0.15, 0.2) is 36.4 Å². The Labute approximate surface area is 148 Å². The summed E-state index contributed by atoms with van der Waals surface area (Å²) in [6.07, 6.45) is 0. The largest absolute Gasteiger partial charge is 0.495 e. The number of methoxy groups -OCH3 is 1. The fourth-order valence-corrected chi connectivity index (χ4v) is 2.67. The fourth-order valence-electron chi connectivity index (χ4n) is 2.41. The van der Waals surface area contributed by atoms with Gasteiger partial charge >= 0.3 is 0 Å². The summed E-state index contributed by atoms with van der Waals surface area (Å²) in [5, 5.41) is 8.23. The molecule has 3 N–H and O–H groups in total. The molecule has 3 amide bonds. The number of halogens is 1. The van der Waals surface area contributed by atoms with Crippen molar-refractivity contribution in [1.29, 1.82) is 0 Å². The lowest BCUT2D eigenvalue weighted by molar-refractivity contribution is -0.114. The van der Waals surface area contributed by atoms with Crippen molar-refractivity contribution in [2.75, 3.05) is 24.3 Å². The Kier molecular flexibility index (Phi) is 4.58. The molecule has 0 spiro atoms. The highest BCUT2D eigenvalue weighted by Gasteiger charge is 2.26. The molecule has 1 aliphatic rings. The van der Waals surface area contributed by atoms with Crippen LogP contribution in [0.1, 0.15) is 20.7 Å². The van der Waals surface area contributed by atoms with E-state index in [4.69, 9.17) is 16.3 Å². The van der Waals surface area contributed by atoms with E-state index in [-0.39, 0.29) is 18.0 Å². The number of hydrogen-bond donors (Lipinski definition) is 3. The lowest BCUT2D eigenvalue weighted by atomic mass is 10.1. The minimum Gasteiger partial charge on any atom is -0.495 e. The summed E-state index contributed by atoms with van der Waals surface area (Å²) in [5.41, 5.74) is 1.65. The lowest BCUT2D eigenvalue weighted by Gasteiger charge is -2.10. The van der Waals surface area contributed by atoms with Gasteiger partial charge in [-0.15, -0.1) is 0 Å². The Morgan fingerprint density at radius 1 is 1.08 bits per heavy atom. The molecule has 0 radical (unpaired) electrons. The molecule has 1 aliphatic heterocycles. The van der Waals surface area contributed by atoms with Crippen LogP contribution >= 0.6 is 11.6 Å². The molecule has 8 heteroatoms. The molecule has 0 saturated heterocycles. The van der Waals surface area contributed by atoms with Gasteiger partial charge in [0.05, 0.1) is 29.8 Å². The van der Waals surface area contributed by atoms with E-state index in [0.29, 0.717) is 27.7 Å². The predicted molar refractivity (Wildman–Crippen MR) is 93.4 cm³/mol. The van der Waals surface area contributed by atoms with Gasteiger partial charge in [0, 0.05) is 11.4 Å². The number of anilines is 2. The zero-order valence-corrected chi connectivity index (χ0v) is 13.9. The summed E-state index contributed by atoms with van der Waals surface area (Å²) in [5.74, 6) is -0.669. The first-order valence-electron chi connectivity index (χ1n) is 7.35. The summed E-state index contributed by atoms with van der Waals surface area (Å²) in [7, 11) is 1.52. The number of amides is 3. The number of rotatable bonds is 5. The molecule has 0 fully saturated rings. The van der Waals surface area contributed by atoms with Gasteiger partial charge in [-0.3, -0.25) is 19.7 Å². The normalized spacial score (nSPS) is 12.4. The monoisotopic (exact) mass is 359 g/mol. The number of hydrogen-bond acceptors (Lipinski definition) is 5. The minimum atomic E-state index is -0.470. The molecule has 0 unspecified atom stereocenters. The highest BCUT2D eigenvalue weighted by atomic mass is 35.5. The Hall–Kier alpha value is -3.06.